The highest BCUT2D eigenvalue weighted by atomic mass is 35.5. The van der Waals surface area contributed by atoms with Gasteiger partial charge in [-0.3, -0.25) is 14.5 Å². The normalized spacial score (nSPS) is 24.2. The van der Waals surface area contributed by atoms with Crippen LogP contribution in [0.5, 0.6) is 0 Å². The highest BCUT2D eigenvalue weighted by Crippen LogP contribution is 2.37. The van der Waals surface area contributed by atoms with Crippen LogP contribution in [0.15, 0.2) is 0 Å². The molecule has 21 heavy (non-hydrogen) atoms. The Balaban J connectivity index is 0.00000400. The molecule has 0 aromatic heterocycles. The number of likely N-dealkylation sites (tertiary alicyclic amines) is 1. The predicted molar refractivity (Wildman–Crippen MR) is 72.3 cm³/mol. The van der Waals surface area contributed by atoms with E-state index in [0.29, 0.717) is 6.42 Å². The van der Waals surface area contributed by atoms with Crippen LogP contribution in [0.25, 0.3) is 0 Å². The molecular weight excluding hydrogens is 313 g/mol. The first-order valence-electron chi connectivity index (χ1n) is 6.46. The number of alkyl halides is 3. The van der Waals surface area contributed by atoms with Gasteiger partial charge in [0.15, 0.2) is 0 Å². The Morgan fingerprint density at radius 2 is 1.95 bits per heavy atom. The number of aliphatic carboxylic acids is 1. The Bertz CT molecular complexity index is 379. The second kappa shape index (κ2) is 7.84. The largest absolute Gasteiger partial charge is 0.481 e. The van der Waals surface area contributed by atoms with Crippen LogP contribution in [0.3, 0.4) is 0 Å². The van der Waals surface area contributed by atoms with Crippen molar-refractivity contribution >= 4 is 24.3 Å². The van der Waals surface area contributed by atoms with Crippen LogP contribution in [-0.2, 0) is 9.59 Å². The molecule has 0 saturated carbocycles. The molecule has 1 saturated heterocycles. The van der Waals surface area contributed by atoms with E-state index in [1.807, 2.05) is 6.92 Å². The van der Waals surface area contributed by atoms with E-state index in [2.05, 4.69) is 5.32 Å². The molecule has 5 nitrogen and oxygen atoms in total. The Morgan fingerprint density at radius 3 is 2.33 bits per heavy atom. The van der Waals surface area contributed by atoms with E-state index in [0.717, 1.165) is 0 Å². The molecule has 0 aromatic carbocycles. The minimum Gasteiger partial charge on any atom is -0.481 e. The second-order valence-electron chi connectivity index (χ2n) is 5.16. The van der Waals surface area contributed by atoms with Crippen LogP contribution in [0, 0.1) is 11.8 Å². The lowest BCUT2D eigenvalue weighted by Crippen LogP contribution is -2.40. The van der Waals surface area contributed by atoms with Gasteiger partial charge in [0.1, 0.15) is 0 Å². The average Bonchev–Trinajstić information content (AvgIpc) is 2.72. The number of nitrogens with one attached hydrogen (secondary N) is 1. The minimum absolute atomic E-state index is 0. The fourth-order valence-corrected chi connectivity index (χ4v) is 2.22. The van der Waals surface area contributed by atoms with Gasteiger partial charge in [-0.25, -0.2) is 0 Å². The first-order chi connectivity index (χ1) is 9.15. The summed E-state index contributed by atoms with van der Waals surface area (Å²) in [6.45, 7) is 2.75. The molecule has 2 N–H and O–H groups in total. The summed E-state index contributed by atoms with van der Waals surface area (Å²) in [5.74, 6) is -5.29. The van der Waals surface area contributed by atoms with Crippen LogP contribution in [0.4, 0.5) is 13.2 Å². The van der Waals surface area contributed by atoms with Crippen LogP contribution in [0.1, 0.15) is 20.3 Å². The number of carbonyl (C=O) groups excluding carboxylic acids is 1. The van der Waals surface area contributed by atoms with E-state index in [9.17, 15) is 22.8 Å². The fourth-order valence-electron chi connectivity index (χ4n) is 2.22. The molecule has 1 amide bonds. The molecule has 1 unspecified atom stereocenters. The lowest BCUT2D eigenvalue weighted by Gasteiger charge is -2.19. The quantitative estimate of drug-likeness (QED) is 0.801. The molecule has 1 rings (SSSR count). The van der Waals surface area contributed by atoms with E-state index in [1.165, 1.54) is 4.90 Å². The molecule has 0 aromatic rings. The van der Waals surface area contributed by atoms with Crippen LogP contribution < -0.4 is 5.32 Å². The first-order valence-corrected chi connectivity index (χ1v) is 6.46. The number of rotatable bonds is 5. The SMILES string of the molecule is CCC(C)NC(=O)CN1C[C@@H](C(F)(F)F)[C@H](C(=O)O)C1.Cl. The molecule has 0 spiro atoms. The van der Waals surface area contributed by atoms with E-state index < -0.39 is 30.5 Å². The number of hydrogen-bond donors (Lipinski definition) is 2. The Morgan fingerprint density at radius 1 is 1.38 bits per heavy atom. The summed E-state index contributed by atoms with van der Waals surface area (Å²) in [5, 5.41) is 11.5. The highest BCUT2D eigenvalue weighted by Gasteiger charge is 2.52. The molecule has 1 fully saturated rings. The van der Waals surface area contributed by atoms with Gasteiger partial charge in [-0.15, -0.1) is 12.4 Å². The lowest BCUT2D eigenvalue weighted by atomic mass is 9.96. The summed E-state index contributed by atoms with van der Waals surface area (Å²) >= 11 is 0. The van der Waals surface area contributed by atoms with Crippen molar-refractivity contribution in [2.75, 3.05) is 19.6 Å². The second-order valence-corrected chi connectivity index (χ2v) is 5.16. The maximum absolute atomic E-state index is 12.8. The highest BCUT2D eigenvalue weighted by molar-refractivity contribution is 5.85. The topological polar surface area (TPSA) is 69.6 Å². The van der Waals surface area contributed by atoms with Crippen LogP contribution in [-0.4, -0.2) is 53.7 Å². The zero-order valence-corrected chi connectivity index (χ0v) is 12.6. The van der Waals surface area contributed by atoms with Crippen LogP contribution >= 0.6 is 12.4 Å². The molecule has 1 aliphatic rings. The number of halogens is 4. The van der Waals surface area contributed by atoms with Gasteiger partial charge in [0.25, 0.3) is 0 Å². The number of nitrogens with zero attached hydrogens (tertiary/aromatic N) is 1. The van der Waals surface area contributed by atoms with Crippen molar-refractivity contribution in [2.45, 2.75) is 32.5 Å². The molecular formula is C12H20ClF3N2O3. The minimum atomic E-state index is -4.56. The summed E-state index contributed by atoms with van der Waals surface area (Å²) in [6.07, 6.45) is -3.85. The van der Waals surface area contributed by atoms with Crippen molar-refractivity contribution < 1.29 is 27.9 Å². The number of hydrogen-bond acceptors (Lipinski definition) is 3. The van der Waals surface area contributed by atoms with Gasteiger partial charge in [0, 0.05) is 19.1 Å². The number of carboxylic acids is 1. The number of amides is 1. The van der Waals surface area contributed by atoms with Crippen molar-refractivity contribution in [1.82, 2.24) is 10.2 Å². The van der Waals surface area contributed by atoms with E-state index >= 15 is 0 Å². The van der Waals surface area contributed by atoms with Crippen molar-refractivity contribution in [3.05, 3.63) is 0 Å². The fraction of sp³-hybridized carbons (Fsp3) is 0.833. The standard InChI is InChI=1S/C12H19F3N2O3.ClH/c1-3-7(2)16-10(18)6-17-4-8(11(19)20)9(5-17)12(13,14)15;/h7-9H,3-6H2,1-2H3,(H,16,18)(H,19,20);1H/t7?,8-,9-;/m1./s1. The lowest BCUT2D eigenvalue weighted by molar-refractivity contribution is -0.188. The van der Waals surface area contributed by atoms with Gasteiger partial charge >= 0.3 is 12.1 Å². The summed E-state index contributed by atoms with van der Waals surface area (Å²) in [4.78, 5) is 23.8. The molecule has 124 valence electrons. The summed E-state index contributed by atoms with van der Waals surface area (Å²) in [5.41, 5.74) is 0. The molecule has 1 aliphatic heterocycles. The number of carboxylic acid groups (broad SMARTS) is 1. The third kappa shape index (κ3) is 5.70. The summed E-state index contributed by atoms with van der Waals surface area (Å²) < 4.78 is 38.3. The molecule has 0 aliphatic carbocycles. The van der Waals surface area contributed by atoms with Crippen molar-refractivity contribution in [1.29, 1.82) is 0 Å². The monoisotopic (exact) mass is 332 g/mol. The third-order valence-corrected chi connectivity index (χ3v) is 3.52. The number of carbonyl (C=O) groups is 2. The zero-order valence-electron chi connectivity index (χ0n) is 11.8. The van der Waals surface area contributed by atoms with Gasteiger partial charge in [0.05, 0.1) is 18.4 Å². The predicted octanol–water partition coefficient (Wildman–Crippen LogP) is 1.52. The Hall–Kier alpha value is -1.02. The van der Waals surface area contributed by atoms with E-state index in [4.69, 9.17) is 5.11 Å². The molecule has 1 heterocycles. The Kier molecular flexibility index (Phi) is 7.46. The van der Waals surface area contributed by atoms with Gasteiger partial charge in [-0.1, -0.05) is 6.92 Å². The summed E-state index contributed by atoms with van der Waals surface area (Å²) in [7, 11) is 0. The third-order valence-electron chi connectivity index (χ3n) is 3.52. The van der Waals surface area contributed by atoms with Crippen LogP contribution in [0.2, 0.25) is 0 Å². The van der Waals surface area contributed by atoms with E-state index in [-0.39, 0.29) is 37.4 Å². The maximum Gasteiger partial charge on any atom is 0.393 e. The van der Waals surface area contributed by atoms with Crippen molar-refractivity contribution in [2.24, 2.45) is 11.8 Å². The molecule has 0 radical (unpaired) electrons. The van der Waals surface area contributed by atoms with Gasteiger partial charge < -0.3 is 10.4 Å². The molecule has 0 bridgehead atoms. The van der Waals surface area contributed by atoms with Crippen molar-refractivity contribution in [3.8, 4) is 0 Å². The van der Waals surface area contributed by atoms with Gasteiger partial charge in [-0.2, -0.15) is 13.2 Å². The smallest absolute Gasteiger partial charge is 0.393 e. The maximum atomic E-state index is 12.8. The van der Waals surface area contributed by atoms with E-state index in [1.54, 1.807) is 6.92 Å². The average molecular weight is 333 g/mol. The first kappa shape index (κ1) is 20.0. The Labute approximate surface area is 127 Å². The van der Waals surface area contributed by atoms with Crippen molar-refractivity contribution in [3.63, 3.8) is 0 Å². The summed E-state index contributed by atoms with van der Waals surface area (Å²) in [6, 6.07) is -0.0567. The molecule has 9 heteroatoms. The molecule has 3 atom stereocenters. The van der Waals surface area contributed by atoms with Gasteiger partial charge in [0.2, 0.25) is 5.91 Å². The zero-order chi connectivity index (χ0) is 15.5. The van der Waals surface area contributed by atoms with Gasteiger partial charge in [-0.05, 0) is 13.3 Å².